The van der Waals surface area contributed by atoms with Crippen molar-refractivity contribution in [1.29, 1.82) is 0 Å². The molecule has 0 unspecified atom stereocenters. The van der Waals surface area contributed by atoms with E-state index in [4.69, 9.17) is 25.2 Å². The Hall–Kier alpha value is -0.890. The summed E-state index contributed by atoms with van der Waals surface area (Å²) in [5.74, 6) is 0.205. The van der Waals surface area contributed by atoms with Gasteiger partial charge in [0.25, 0.3) is 0 Å². The first kappa shape index (κ1) is 18.1. The van der Waals surface area contributed by atoms with Gasteiger partial charge in [-0.15, -0.1) is 0 Å². The molecule has 0 fully saturated rings. The minimum Gasteiger partial charge on any atom is -0.409 e. The fraction of sp³-hybridized carbons (Fsp3) is 0.917. The standard InChI is InChI=1S/C12H27N3O4/c1-11(2)15(10-12(13)14-16)4-5-18-8-9-19-7-6-17-3/h11,16H,4-10H2,1-3H3,(H2,13,14). The van der Waals surface area contributed by atoms with Crippen molar-refractivity contribution in [3.8, 4) is 0 Å². The monoisotopic (exact) mass is 277 g/mol. The third-order valence-corrected chi connectivity index (χ3v) is 2.55. The van der Waals surface area contributed by atoms with Crippen LogP contribution in [0, 0.1) is 0 Å². The Labute approximate surface area is 115 Å². The number of nitrogens with zero attached hydrogens (tertiary/aromatic N) is 2. The van der Waals surface area contributed by atoms with Crippen molar-refractivity contribution in [2.45, 2.75) is 19.9 Å². The lowest BCUT2D eigenvalue weighted by atomic mass is 10.3. The third-order valence-electron chi connectivity index (χ3n) is 2.55. The highest BCUT2D eigenvalue weighted by Gasteiger charge is 2.10. The molecule has 3 N–H and O–H groups in total. The Kier molecular flexibility index (Phi) is 11.6. The fourth-order valence-corrected chi connectivity index (χ4v) is 1.41. The summed E-state index contributed by atoms with van der Waals surface area (Å²) < 4.78 is 15.6. The van der Waals surface area contributed by atoms with Crippen LogP contribution >= 0.6 is 0 Å². The predicted octanol–water partition coefficient (Wildman–Crippen LogP) is 0.123. The van der Waals surface area contributed by atoms with Crippen molar-refractivity contribution >= 4 is 5.84 Å². The molecular formula is C12H27N3O4. The summed E-state index contributed by atoms with van der Waals surface area (Å²) in [4.78, 5) is 2.07. The van der Waals surface area contributed by atoms with Crippen LogP contribution in [0.15, 0.2) is 5.16 Å². The highest BCUT2D eigenvalue weighted by molar-refractivity contribution is 5.81. The molecule has 0 aliphatic rings. The van der Waals surface area contributed by atoms with Gasteiger partial charge in [0, 0.05) is 19.7 Å². The lowest BCUT2D eigenvalue weighted by Gasteiger charge is -2.25. The molecule has 0 spiro atoms. The van der Waals surface area contributed by atoms with E-state index in [2.05, 4.69) is 23.9 Å². The molecule has 0 aliphatic carbocycles. The van der Waals surface area contributed by atoms with E-state index in [9.17, 15) is 0 Å². The van der Waals surface area contributed by atoms with Gasteiger partial charge in [-0.3, -0.25) is 4.90 Å². The van der Waals surface area contributed by atoms with Gasteiger partial charge in [-0.2, -0.15) is 0 Å². The molecule has 7 heteroatoms. The first-order valence-electron chi connectivity index (χ1n) is 6.46. The molecule has 0 saturated heterocycles. The van der Waals surface area contributed by atoms with Crippen LogP contribution in [0.5, 0.6) is 0 Å². The van der Waals surface area contributed by atoms with E-state index in [0.29, 0.717) is 45.6 Å². The SMILES string of the molecule is COCCOCCOCCN(CC(N)=NO)C(C)C. The molecule has 0 aromatic heterocycles. The Bertz CT molecular complexity index is 237. The van der Waals surface area contributed by atoms with E-state index < -0.39 is 0 Å². The zero-order valence-electron chi connectivity index (χ0n) is 12.2. The molecule has 114 valence electrons. The van der Waals surface area contributed by atoms with Crippen LogP contribution < -0.4 is 5.73 Å². The molecule has 0 atom stereocenters. The minimum atomic E-state index is 0.205. The zero-order valence-corrected chi connectivity index (χ0v) is 12.2. The summed E-state index contributed by atoms with van der Waals surface area (Å²) in [5, 5.41) is 11.5. The Balaban J connectivity index is 3.59. The number of oxime groups is 1. The van der Waals surface area contributed by atoms with Gasteiger partial charge in [0.2, 0.25) is 0 Å². The van der Waals surface area contributed by atoms with Crippen molar-refractivity contribution in [1.82, 2.24) is 4.90 Å². The summed E-state index contributed by atoms with van der Waals surface area (Å²) in [7, 11) is 1.64. The molecule has 0 aliphatic heterocycles. The van der Waals surface area contributed by atoms with E-state index in [-0.39, 0.29) is 5.84 Å². The fourth-order valence-electron chi connectivity index (χ4n) is 1.41. The maximum Gasteiger partial charge on any atom is 0.153 e. The van der Waals surface area contributed by atoms with Crippen LogP contribution in [-0.4, -0.2) is 75.2 Å². The molecule has 0 saturated carbocycles. The number of hydrogen-bond acceptors (Lipinski definition) is 6. The van der Waals surface area contributed by atoms with E-state index in [1.165, 1.54) is 0 Å². The topological polar surface area (TPSA) is 89.5 Å². The summed E-state index contributed by atoms with van der Waals surface area (Å²) in [6, 6.07) is 0.307. The van der Waals surface area contributed by atoms with E-state index in [0.717, 1.165) is 6.54 Å². The maximum absolute atomic E-state index is 8.56. The van der Waals surface area contributed by atoms with Gasteiger partial charge in [-0.25, -0.2) is 0 Å². The quantitative estimate of drug-likeness (QED) is 0.173. The van der Waals surface area contributed by atoms with Crippen LogP contribution in [-0.2, 0) is 14.2 Å². The number of ether oxygens (including phenoxy) is 3. The van der Waals surface area contributed by atoms with Crippen molar-refractivity contribution in [2.24, 2.45) is 10.9 Å². The van der Waals surface area contributed by atoms with Gasteiger partial charge in [-0.1, -0.05) is 5.16 Å². The smallest absolute Gasteiger partial charge is 0.153 e. The molecule has 7 nitrogen and oxygen atoms in total. The van der Waals surface area contributed by atoms with E-state index in [1.54, 1.807) is 7.11 Å². The van der Waals surface area contributed by atoms with Crippen LogP contribution in [0.25, 0.3) is 0 Å². The molecule has 0 aromatic rings. The van der Waals surface area contributed by atoms with Gasteiger partial charge >= 0.3 is 0 Å². The summed E-state index contributed by atoms with van der Waals surface area (Å²) in [6.45, 7) is 8.16. The number of methoxy groups -OCH3 is 1. The van der Waals surface area contributed by atoms with Gasteiger partial charge in [0.15, 0.2) is 5.84 Å². The van der Waals surface area contributed by atoms with Gasteiger partial charge in [0.05, 0.1) is 39.6 Å². The third kappa shape index (κ3) is 10.7. The zero-order chi connectivity index (χ0) is 14.5. The van der Waals surface area contributed by atoms with Gasteiger partial charge in [0.1, 0.15) is 0 Å². The second-order valence-corrected chi connectivity index (χ2v) is 4.37. The highest BCUT2D eigenvalue weighted by atomic mass is 16.5. The summed E-state index contributed by atoms with van der Waals surface area (Å²) >= 11 is 0. The summed E-state index contributed by atoms with van der Waals surface area (Å²) in [6.07, 6.45) is 0. The minimum absolute atomic E-state index is 0.205. The molecule has 0 amide bonds. The van der Waals surface area contributed by atoms with Gasteiger partial charge in [-0.05, 0) is 13.8 Å². The second-order valence-electron chi connectivity index (χ2n) is 4.37. The van der Waals surface area contributed by atoms with E-state index >= 15 is 0 Å². The molecule has 0 aromatic carbocycles. The average Bonchev–Trinajstić information content (AvgIpc) is 2.39. The first-order valence-corrected chi connectivity index (χ1v) is 6.46. The van der Waals surface area contributed by atoms with Crippen LogP contribution in [0.1, 0.15) is 13.8 Å². The Morgan fingerprint density at radius 1 is 1.16 bits per heavy atom. The maximum atomic E-state index is 8.56. The number of rotatable bonds is 12. The summed E-state index contributed by atoms with van der Waals surface area (Å²) in [5.41, 5.74) is 5.50. The van der Waals surface area contributed by atoms with Crippen molar-refractivity contribution in [3.05, 3.63) is 0 Å². The number of nitrogens with two attached hydrogens (primary N) is 1. The predicted molar refractivity (Wildman–Crippen MR) is 73.6 cm³/mol. The largest absolute Gasteiger partial charge is 0.409 e. The average molecular weight is 277 g/mol. The molecule has 0 radical (unpaired) electrons. The van der Waals surface area contributed by atoms with Crippen LogP contribution in [0.4, 0.5) is 0 Å². The molecule has 19 heavy (non-hydrogen) atoms. The highest BCUT2D eigenvalue weighted by Crippen LogP contribution is 1.97. The molecular weight excluding hydrogens is 250 g/mol. The van der Waals surface area contributed by atoms with Crippen LogP contribution in [0.2, 0.25) is 0 Å². The lowest BCUT2D eigenvalue weighted by Crippen LogP contribution is -2.40. The number of amidine groups is 1. The van der Waals surface area contributed by atoms with Gasteiger partial charge < -0.3 is 25.2 Å². The Morgan fingerprint density at radius 2 is 1.74 bits per heavy atom. The van der Waals surface area contributed by atoms with Crippen LogP contribution in [0.3, 0.4) is 0 Å². The molecule has 0 heterocycles. The first-order chi connectivity index (χ1) is 9.11. The van der Waals surface area contributed by atoms with Crippen molar-refractivity contribution in [2.75, 3.05) is 53.2 Å². The molecule has 0 rings (SSSR count). The normalized spacial score (nSPS) is 12.6. The van der Waals surface area contributed by atoms with Crippen molar-refractivity contribution < 1.29 is 19.4 Å². The number of hydrogen-bond donors (Lipinski definition) is 2. The van der Waals surface area contributed by atoms with Crippen molar-refractivity contribution in [3.63, 3.8) is 0 Å². The Morgan fingerprint density at radius 3 is 2.26 bits per heavy atom. The lowest BCUT2D eigenvalue weighted by molar-refractivity contribution is 0.0186. The van der Waals surface area contributed by atoms with E-state index in [1.807, 2.05) is 0 Å². The second kappa shape index (κ2) is 12.2. The molecule has 0 bridgehead atoms.